The van der Waals surface area contributed by atoms with Crippen LogP contribution in [0.2, 0.25) is 0 Å². The Balaban J connectivity index is 2.17. The highest BCUT2D eigenvalue weighted by molar-refractivity contribution is 7.89. The third-order valence-electron chi connectivity index (χ3n) is 3.44. The summed E-state index contributed by atoms with van der Waals surface area (Å²) < 4.78 is 25.7. The maximum atomic E-state index is 12.3. The average molecular weight is 316 g/mol. The molecule has 0 saturated heterocycles. The molecule has 0 amide bonds. The first-order valence-electron chi connectivity index (χ1n) is 6.74. The Morgan fingerprint density at radius 2 is 1.91 bits per heavy atom. The zero-order valence-corrected chi connectivity index (χ0v) is 13.3. The number of H-pyrrole nitrogens is 1. The number of rotatable bonds is 3. The lowest BCUT2D eigenvalue weighted by Gasteiger charge is -2.12. The van der Waals surface area contributed by atoms with E-state index in [0.29, 0.717) is 5.69 Å². The molecule has 3 rings (SSSR count). The summed E-state index contributed by atoms with van der Waals surface area (Å²) >= 11 is 0. The van der Waals surface area contributed by atoms with Gasteiger partial charge in [0, 0.05) is 25.9 Å². The fourth-order valence-corrected chi connectivity index (χ4v) is 3.19. The largest absolute Gasteiger partial charge is 0.345 e. The van der Waals surface area contributed by atoms with Gasteiger partial charge in [0.05, 0.1) is 16.3 Å². The second-order valence-electron chi connectivity index (χ2n) is 5.18. The van der Waals surface area contributed by atoms with E-state index < -0.39 is 10.0 Å². The van der Waals surface area contributed by atoms with Gasteiger partial charge in [-0.25, -0.2) is 22.7 Å². The van der Waals surface area contributed by atoms with Crippen molar-refractivity contribution in [3.8, 4) is 11.3 Å². The molecule has 6 nitrogen and oxygen atoms in total. The van der Waals surface area contributed by atoms with Crippen molar-refractivity contribution in [3.63, 3.8) is 0 Å². The highest BCUT2D eigenvalue weighted by Gasteiger charge is 2.18. The topological polar surface area (TPSA) is 79.0 Å². The molecule has 0 atom stereocenters. The molecule has 2 heterocycles. The standard InChI is InChI=1S/C15H16N4O2S/c1-10-14(18-13-7-8-16-15(13)17-10)11-5-4-6-12(9-11)22(20,21)19(2)3/h4-9H,1-3H3,(H,16,17). The number of nitrogens with one attached hydrogen (secondary N) is 1. The minimum absolute atomic E-state index is 0.241. The van der Waals surface area contributed by atoms with Crippen molar-refractivity contribution in [1.29, 1.82) is 0 Å². The van der Waals surface area contributed by atoms with E-state index in [1.165, 1.54) is 18.4 Å². The molecule has 0 unspecified atom stereocenters. The van der Waals surface area contributed by atoms with Gasteiger partial charge in [0.25, 0.3) is 0 Å². The molecule has 7 heteroatoms. The number of sulfonamides is 1. The first kappa shape index (κ1) is 14.7. The van der Waals surface area contributed by atoms with Gasteiger partial charge in [0.15, 0.2) is 5.65 Å². The minimum atomic E-state index is -3.47. The smallest absolute Gasteiger partial charge is 0.242 e. The first-order valence-corrected chi connectivity index (χ1v) is 8.18. The highest BCUT2D eigenvalue weighted by atomic mass is 32.2. The summed E-state index contributed by atoms with van der Waals surface area (Å²) in [6.07, 6.45) is 1.78. The molecule has 1 aromatic carbocycles. The van der Waals surface area contributed by atoms with Crippen LogP contribution in [0, 0.1) is 6.92 Å². The molecular weight excluding hydrogens is 300 g/mol. The van der Waals surface area contributed by atoms with Crippen molar-refractivity contribution in [3.05, 3.63) is 42.2 Å². The van der Waals surface area contributed by atoms with Crippen LogP contribution in [0.1, 0.15) is 5.69 Å². The Bertz CT molecular complexity index is 945. The molecule has 0 radical (unpaired) electrons. The predicted molar refractivity (Wildman–Crippen MR) is 84.9 cm³/mol. The molecule has 0 fully saturated rings. The van der Waals surface area contributed by atoms with Crippen LogP contribution in [0.25, 0.3) is 22.4 Å². The molecule has 0 aliphatic carbocycles. The molecule has 22 heavy (non-hydrogen) atoms. The van der Waals surface area contributed by atoms with Gasteiger partial charge in [-0.3, -0.25) is 0 Å². The van der Waals surface area contributed by atoms with Gasteiger partial charge in [-0.05, 0) is 25.1 Å². The molecule has 0 bridgehead atoms. The third kappa shape index (κ3) is 2.38. The predicted octanol–water partition coefficient (Wildman–Crippen LogP) is 2.18. The number of hydrogen-bond donors (Lipinski definition) is 1. The van der Waals surface area contributed by atoms with Crippen molar-refractivity contribution in [1.82, 2.24) is 19.3 Å². The van der Waals surface area contributed by atoms with Gasteiger partial charge in [0.2, 0.25) is 10.0 Å². The van der Waals surface area contributed by atoms with Gasteiger partial charge in [-0.1, -0.05) is 12.1 Å². The molecule has 0 saturated carbocycles. The van der Waals surface area contributed by atoms with Crippen molar-refractivity contribution in [2.75, 3.05) is 14.1 Å². The quantitative estimate of drug-likeness (QED) is 0.803. The number of aromatic nitrogens is 3. The zero-order valence-electron chi connectivity index (χ0n) is 12.5. The second-order valence-corrected chi connectivity index (χ2v) is 7.34. The van der Waals surface area contributed by atoms with E-state index >= 15 is 0 Å². The molecule has 114 valence electrons. The number of benzene rings is 1. The van der Waals surface area contributed by atoms with Crippen molar-refractivity contribution in [2.24, 2.45) is 0 Å². The number of aromatic amines is 1. The summed E-state index contributed by atoms with van der Waals surface area (Å²) in [5.41, 5.74) is 3.63. The molecule has 1 N–H and O–H groups in total. The molecular formula is C15H16N4O2S. The fraction of sp³-hybridized carbons (Fsp3) is 0.200. The van der Waals surface area contributed by atoms with E-state index in [0.717, 1.165) is 22.4 Å². The summed E-state index contributed by atoms with van der Waals surface area (Å²) in [6, 6.07) is 8.60. The number of aryl methyl sites for hydroxylation is 1. The monoisotopic (exact) mass is 316 g/mol. The summed E-state index contributed by atoms with van der Waals surface area (Å²) in [7, 11) is -0.447. The van der Waals surface area contributed by atoms with E-state index in [2.05, 4.69) is 15.0 Å². The van der Waals surface area contributed by atoms with Gasteiger partial charge in [-0.2, -0.15) is 0 Å². The first-order chi connectivity index (χ1) is 10.4. The summed E-state index contributed by atoms with van der Waals surface area (Å²) in [6.45, 7) is 1.86. The lowest BCUT2D eigenvalue weighted by Crippen LogP contribution is -2.22. The van der Waals surface area contributed by atoms with Gasteiger partial charge in [-0.15, -0.1) is 0 Å². The Morgan fingerprint density at radius 1 is 1.14 bits per heavy atom. The molecule has 0 spiro atoms. The minimum Gasteiger partial charge on any atom is -0.345 e. The Labute approximate surface area is 128 Å². The van der Waals surface area contributed by atoms with Crippen LogP contribution in [0.5, 0.6) is 0 Å². The second kappa shape index (κ2) is 5.19. The normalized spacial score (nSPS) is 12.2. The van der Waals surface area contributed by atoms with Crippen LogP contribution in [-0.4, -0.2) is 41.8 Å². The molecule has 0 aliphatic heterocycles. The van der Waals surface area contributed by atoms with Gasteiger partial charge < -0.3 is 4.98 Å². The lowest BCUT2D eigenvalue weighted by molar-refractivity contribution is 0.521. The van der Waals surface area contributed by atoms with E-state index in [1.807, 2.05) is 19.1 Å². The zero-order chi connectivity index (χ0) is 15.9. The average Bonchev–Trinajstić information content (AvgIpc) is 2.93. The SMILES string of the molecule is Cc1nc2[nH]ccc2nc1-c1cccc(S(=O)(=O)N(C)C)c1. The lowest BCUT2D eigenvalue weighted by atomic mass is 10.1. The number of fused-ring (bicyclic) bond motifs is 1. The van der Waals surface area contributed by atoms with Crippen LogP contribution in [0.4, 0.5) is 0 Å². The maximum absolute atomic E-state index is 12.3. The summed E-state index contributed by atoms with van der Waals surface area (Å²) in [4.78, 5) is 12.3. The van der Waals surface area contributed by atoms with Crippen LogP contribution >= 0.6 is 0 Å². The Kier molecular flexibility index (Phi) is 3.46. The Morgan fingerprint density at radius 3 is 2.64 bits per heavy atom. The fourth-order valence-electron chi connectivity index (χ4n) is 2.24. The van der Waals surface area contributed by atoms with Crippen molar-refractivity contribution in [2.45, 2.75) is 11.8 Å². The van der Waals surface area contributed by atoms with Crippen LogP contribution in [0.3, 0.4) is 0 Å². The number of hydrogen-bond acceptors (Lipinski definition) is 4. The Hall–Kier alpha value is -2.25. The van der Waals surface area contributed by atoms with Gasteiger partial charge in [0.1, 0.15) is 5.52 Å². The summed E-state index contributed by atoms with van der Waals surface area (Å²) in [5, 5.41) is 0. The summed E-state index contributed by atoms with van der Waals surface area (Å²) in [5.74, 6) is 0. The molecule has 3 aromatic rings. The maximum Gasteiger partial charge on any atom is 0.242 e. The van der Waals surface area contributed by atoms with Crippen molar-refractivity contribution < 1.29 is 8.42 Å². The van der Waals surface area contributed by atoms with Crippen LogP contribution in [-0.2, 0) is 10.0 Å². The molecule has 2 aromatic heterocycles. The van der Waals surface area contributed by atoms with E-state index in [1.54, 1.807) is 24.4 Å². The van der Waals surface area contributed by atoms with Crippen LogP contribution in [0.15, 0.2) is 41.4 Å². The van der Waals surface area contributed by atoms with Gasteiger partial charge >= 0.3 is 0 Å². The third-order valence-corrected chi connectivity index (χ3v) is 5.26. The van der Waals surface area contributed by atoms with E-state index in [4.69, 9.17) is 0 Å². The number of nitrogens with zero attached hydrogens (tertiary/aromatic N) is 3. The highest BCUT2D eigenvalue weighted by Crippen LogP contribution is 2.25. The van der Waals surface area contributed by atoms with E-state index in [-0.39, 0.29) is 4.90 Å². The van der Waals surface area contributed by atoms with Crippen molar-refractivity contribution >= 4 is 21.2 Å². The molecule has 0 aliphatic rings. The van der Waals surface area contributed by atoms with Crippen LogP contribution < -0.4 is 0 Å². The van der Waals surface area contributed by atoms with E-state index in [9.17, 15) is 8.42 Å².